The molecule has 0 spiro atoms. The molecule has 3 heterocycles. The molecular formula is C32H24N4O2. The fourth-order valence-electron chi connectivity index (χ4n) is 5.21. The van der Waals surface area contributed by atoms with Crippen LogP contribution in [0.15, 0.2) is 103 Å². The smallest absolute Gasteiger partial charge is 0.280 e. The lowest BCUT2D eigenvalue weighted by molar-refractivity contribution is -0.121. The van der Waals surface area contributed by atoms with E-state index in [0.29, 0.717) is 17.7 Å². The van der Waals surface area contributed by atoms with Crippen LogP contribution in [0.1, 0.15) is 28.9 Å². The van der Waals surface area contributed by atoms with Crippen LogP contribution in [0.3, 0.4) is 0 Å². The number of hydrogen-bond donors (Lipinski definition) is 1. The molecule has 2 aromatic heterocycles. The van der Waals surface area contributed by atoms with Crippen molar-refractivity contribution in [3.05, 3.63) is 114 Å². The van der Waals surface area contributed by atoms with Gasteiger partial charge in [-0.2, -0.15) is 9.78 Å². The number of pyridine rings is 1. The lowest BCUT2D eigenvalue weighted by Gasteiger charge is -2.23. The maximum absolute atomic E-state index is 14.2. The van der Waals surface area contributed by atoms with Crippen LogP contribution < -0.4 is 5.32 Å². The van der Waals surface area contributed by atoms with Gasteiger partial charge in [-0.1, -0.05) is 72.8 Å². The minimum atomic E-state index is -0.250. The highest BCUT2D eigenvalue weighted by Crippen LogP contribution is 2.40. The second-order valence-electron chi connectivity index (χ2n) is 9.82. The van der Waals surface area contributed by atoms with E-state index in [9.17, 15) is 9.59 Å². The summed E-state index contributed by atoms with van der Waals surface area (Å²) in [4.78, 5) is 31.6. The monoisotopic (exact) mass is 496 g/mol. The van der Waals surface area contributed by atoms with Crippen molar-refractivity contribution in [2.75, 3.05) is 0 Å². The molecule has 5 aromatic rings. The number of nitrogens with zero attached hydrogens (tertiary/aromatic N) is 3. The van der Waals surface area contributed by atoms with Gasteiger partial charge in [0.05, 0.1) is 16.8 Å². The highest BCUT2D eigenvalue weighted by molar-refractivity contribution is 6.23. The zero-order chi connectivity index (χ0) is 25.6. The van der Waals surface area contributed by atoms with Crippen molar-refractivity contribution in [1.29, 1.82) is 0 Å². The molecule has 6 heteroatoms. The first kappa shape index (κ1) is 22.4. The molecule has 0 bridgehead atoms. The largest absolute Gasteiger partial charge is 0.328 e. The number of carbonyl (C=O) groups excluding carboxylic acids is 2. The third kappa shape index (κ3) is 3.82. The topological polar surface area (TPSA) is 76.9 Å². The van der Waals surface area contributed by atoms with Crippen LogP contribution in [0.5, 0.6) is 0 Å². The van der Waals surface area contributed by atoms with Crippen molar-refractivity contribution in [1.82, 2.24) is 20.1 Å². The molecule has 7 rings (SSSR count). The normalized spacial score (nSPS) is 15.0. The summed E-state index contributed by atoms with van der Waals surface area (Å²) in [5, 5.41) is 8.95. The van der Waals surface area contributed by atoms with Crippen molar-refractivity contribution < 1.29 is 9.59 Å². The number of carbonyl (C=O) groups is 2. The standard InChI is InChI=1S/C32H24N4O2/c37-31(22-13-14-22)34-26-19-27-29(20-8-3-1-4-9-20)30(21-10-5-2-6-11-21)35-36(27)32(38)28(26)24-15-16-25-23(18-24)12-7-17-33-25/h1-12,15-18,22H,13-14,19H2,(H,34,37). The van der Waals surface area contributed by atoms with E-state index in [1.165, 1.54) is 4.68 Å². The molecule has 0 radical (unpaired) electrons. The minimum Gasteiger partial charge on any atom is -0.328 e. The third-order valence-corrected chi connectivity index (χ3v) is 7.26. The van der Waals surface area contributed by atoms with Gasteiger partial charge in [0.15, 0.2) is 0 Å². The van der Waals surface area contributed by atoms with Gasteiger partial charge in [-0.15, -0.1) is 0 Å². The SMILES string of the molecule is O=C(NC1=C(c2ccc3ncccc3c2)C(=O)n2nc(-c3ccccc3)c(-c3ccccc3)c2C1)C1CC1. The third-order valence-electron chi connectivity index (χ3n) is 7.26. The van der Waals surface area contributed by atoms with Gasteiger partial charge in [0, 0.05) is 40.7 Å². The van der Waals surface area contributed by atoms with E-state index in [4.69, 9.17) is 5.10 Å². The van der Waals surface area contributed by atoms with E-state index in [-0.39, 0.29) is 17.7 Å². The van der Waals surface area contributed by atoms with Crippen LogP contribution in [0.4, 0.5) is 0 Å². The Balaban J connectivity index is 1.43. The molecule has 1 N–H and O–H groups in total. The van der Waals surface area contributed by atoms with Crippen LogP contribution in [0, 0.1) is 5.92 Å². The average Bonchev–Trinajstić information content (AvgIpc) is 3.75. The first-order valence-electron chi connectivity index (χ1n) is 12.8. The molecule has 1 saturated carbocycles. The molecular weight excluding hydrogens is 472 g/mol. The molecule has 1 amide bonds. The van der Waals surface area contributed by atoms with Gasteiger partial charge in [0.25, 0.3) is 5.91 Å². The molecule has 0 atom stereocenters. The molecule has 1 aliphatic heterocycles. The van der Waals surface area contributed by atoms with E-state index in [2.05, 4.69) is 10.3 Å². The van der Waals surface area contributed by atoms with Gasteiger partial charge in [0.1, 0.15) is 5.69 Å². The van der Waals surface area contributed by atoms with Crippen LogP contribution >= 0.6 is 0 Å². The number of aromatic nitrogens is 3. The maximum atomic E-state index is 14.2. The van der Waals surface area contributed by atoms with Crippen molar-refractivity contribution in [3.63, 3.8) is 0 Å². The van der Waals surface area contributed by atoms with Gasteiger partial charge in [-0.3, -0.25) is 14.6 Å². The van der Waals surface area contributed by atoms with E-state index >= 15 is 0 Å². The van der Waals surface area contributed by atoms with E-state index in [1.807, 2.05) is 91.0 Å². The number of rotatable bonds is 5. The molecule has 184 valence electrons. The molecule has 0 saturated heterocycles. The molecule has 3 aromatic carbocycles. The highest BCUT2D eigenvalue weighted by atomic mass is 16.2. The lowest BCUT2D eigenvalue weighted by Crippen LogP contribution is -2.33. The molecule has 1 fully saturated rings. The molecule has 1 aliphatic carbocycles. The Labute approximate surface area is 219 Å². The predicted molar refractivity (Wildman–Crippen MR) is 147 cm³/mol. The lowest BCUT2D eigenvalue weighted by atomic mass is 9.92. The van der Waals surface area contributed by atoms with E-state index < -0.39 is 0 Å². The molecule has 2 aliphatic rings. The number of benzene rings is 3. The van der Waals surface area contributed by atoms with Crippen LogP contribution in [-0.2, 0) is 11.2 Å². The Bertz CT molecular complexity index is 1750. The Hall–Kier alpha value is -4.84. The average molecular weight is 497 g/mol. The van der Waals surface area contributed by atoms with E-state index in [1.54, 1.807) is 6.20 Å². The Morgan fingerprint density at radius 2 is 1.58 bits per heavy atom. The number of allylic oxidation sites excluding steroid dienone is 2. The fraction of sp³-hybridized carbons (Fsp3) is 0.125. The first-order chi connectivity index (χ1) is 18.7. The number of amides is 1. The number of fused-ring (bicyclic) bond motifs is 2. The van der Waals surface area contributed by atoms with Crippen LogP contribution in [0.2, 0.25) is 0 Å². The molecule has 0 unspecified atom stereocenters. The van der Waals surface area contributed by atoms with Crippen molar-refractivity contribution >= 4 is 28.3 Å². The summed E-state index contributed by atoms with van der Waals surface area (Å²) in [5.74, 6) is -0.259. The Kier molecular flexibility index (Phi) is 5.25. The number of nitrogens with one attached hydrogen (secondary N) is 1. The molecule has 6 nitrogen and oxygen atoms in total. The Morgan fingerprint density at radius 3 is 2.32 bits per heavy atom. The fourth-order valence-corrected chi connectivity index (χ4v) is 5.21. The van der Waals surface area contributed by atoms with Crippen LogP contribution in [0.25, 0.3) is 38.9 Å². The highest BCUT2D eigenvalue weighted by Gasteiger charge is 2.36. The summed E-state index contributed by atoms with van der Waals surface area (Å²) in [5.41, 5.74) is 7.03. The van der Waals surface area contributed by atoms with Gasteiger partial charge in [0.2, 0.25) is 5.91 Å². The molecule has 38 heavy (non-hydrogen) atoms. The van der Waals surface area contributed by atoms with Crippen molar-refractivity contribution in [2.24, 2.45) is 5.92 Å². The quantitative estimate of drug-likeness (QED) is 0.329. The summed E-state index contributed by atoms with van der Waals surface area (Å²) in [7, 11) is 0. The number of hydrogen-bond acceptors (Lipinski definition) is 4. The van der Waals surface area contributed by atoms with E-state index in [0.717, 1.165) is 57.4 Å². The predicted octanol–water partition coefficient (Wildman–Crippen LogP) is 5.90. The summed E-state index contributed by atoms with van der Waals surface area (Å²) in [6, 6.07) is 29.6. The van der Waals surface area contributed by atoms with Gasteiger partial charge in [-0.05, 0) is 42.2 Å². The summed E-state index contributed by atoms with van der Waals surface area (Å²) in [6.45, 7) is 0. The summed E-state index contributed by atoms with van der Waals surface area (Å²) >= 11 is 0. The second-order valence-corrected chi connectivity index (χ2v) is 9.82. The minimum absolute atomic E-state index is 0.0139. The van der Waals surface area contributed by atoms with Gasteiger partial charge in [-0.25, -0.2) is 0 Å². The first-order valence-corrected chi connectivity index (χ1v) is 12.8. The van der Waals surface area contributed by atoms with Crippen molar-refractivity contribution in [2.45, 2.75) is 19.3 Å². The van der Waals surface area contributed by atoms with Crippen molar-refractivity contribution in [3.8, 4) is 22.4 Å². The zero-order valence-corrected chi connectivity index (χ0v) is 20.6. The maximum Gasteiger partial charge on any atom is 0.280 e. The van der Waals surface area contributed by atoms with Gasteiger partial charge < -0.3 is 5.32 Å². The van der Waals surface area contributed by atoms with Crippen LogP contribution in [-0.4, -0.2) is 26.6 Å². The second kappa shape index (κ2) is 8.92. The zero-order valence-electron chi connectivity index (χ0n) is 20.6. The van der Waals surface area contributed by atoms with Gasteiger partial charge >= 0.3 is 0 Å². The Morgan fingerprint density at radius 1 is 0.842 bits per heavy atom. The summed E-state index contributed by atoms with van der Waals surface area (Å²) in [6.07, 6.45) is 3.90. The summed E-state index contributed by atoms with van der Waals surface area (Å²) < 4.78 is 1.53.